The molecule has 1 heterocycles. The van der Waals surface area contributed by atoms with E-state index >= 15 is 0 Å². The summed E-state index contributed by atoms with van der Waals surface area (Å²) in [6, 6.07) is 12.4. The van der Waals surface area contributed by atoms with Crippen molar-refractivity contribution < 1.29 is 31.9 Å². The summed E-state index contributed by atoms with van der Waals surface area (Å²) in [6.45, 7) is 1.90. The zero-order valence-electron chi connectivity index (χ0n) is 16.1. The molecule has 0 atom stereocenters. The van der Waals surface area contributed by atoms with Gasteiger partial charge in [0.1, 0.15) is 5.58 Å². The van der Waals surface area contributed by atoms with E-state index < -0.39 is 28.5 Å². The summed E-state index contributed by atoms with van der Waals surface area (Å²) in [7, 11) is -3.82. The molecule has 9 nitrogen and oxygen atoms in total. The second kappa shape index (κ2) is 9.08. The number of nitrogens with two attached hydrogens (primary N) is 1. The van der Waals surface area contributed by atoms with Crippen LogP contribution in [-0.2, 0) is 30.9 Å². The van der Waals surface area contributed by atoms with Crippen LogP contribution in [0.2, 0.25) is 0 Å². The fraction of sp³-hybridized carbons (Fsp3) is 0.200. The number of amides is 1. The van der Waals surface area contributed by atoms with Crippen LogP contribution in [0.4, 0.5) is 5.69 Å². The Morgan fingerprint density at radius 3 is 2.47 bits per heavy atom. The normalized spacial score (nSPS) is 11.4. The first-order chi connectivity index (χ1) is 14.3. The first kappa shape index (κ1) is 21.5. The monoisotopic (exact) mass is 432 g/mol. The summed E-state index contributed by atoms with van der Waals surface area (Å²) < 4.78 is 38.6. The molecule has 3 rings (SSSR count). The third kappa shape index (κ3) is 5.03. The van der Waals surface area contributed by atoms with Crippen LogP contribution in [0.1, 0.15) is 23.0 Å². The lowest BCUT2D eigenvalue weighted by Crippen LogP contribution is -2.21. The molecule has 1 aromatic heterocycles. The molecule has 0 aliphatic rings. The molecule has 0 unspecified atom stereocenters. The van der Waals surface area contributed by atoms with Gasteiger partial charge in [0.2, 0.25) is 15.8 Å². The number of sulfonamides is 1. The van der Waals surface area contributed by atoms with Gasteiger partial charge in [0.05, 0.1) is 11.5 Å². The number of anilines is 1. The lowest BCUT2D eigenvalue weighted by molar-refractivity contribution is -0.119. The van der Waals surface area contributed by atoms with Crippen molar-refractivity contribution >= 4 is 38.6 Å². The number of primary sulfonamides is 1. The Morgan fingerprint density at radius 2 is 1.80 bits per heavy atom. The number of nitrogens with one attached hydrogen (secondary N) is 1. The van der Waals surface area contributed by atoms with Gasteiger partial charge in [-0.25, -0.2) is 18.4 Å². The Bertz CT molecular complexity index is 1170. The number of ether oxygens (including phenoxy) is 2. The van der Waals surface area contributed by atoms with Gasteiger partial charge in [-0.15, -0.1) is 0 Å². The van der Waals surface area contributed by atoms with Gasteiger partial charge in [0.25, 0.3) is 5.91 Å². The lowest BCUT2D eigenvalue weighted by Gasteiger charge is -2.07. The number of hydrogen-bond donors (Lipinski definition) is 2. The van der Waals surface area contributed by atoms with Crippen molar-refractivity contribution in [3.63, 3.8) is 0 Å². The number of carbonyl (C=O) groups excluding carboxylic acids is 2. The second-order valence-electron chi connectivity index (χ2n) is 6.24. The molecule has 30 heavy (non-hydrogen) atoms. The molecule has 3 aromatic rings. The van der Waals surface area contributed by atoms with E-state index in [1.165, 1.54) is 24.3 Å². The van der Waals surface area contributed by atoms with Crippen LogP contribution < -0.4 is 10.5 Å². The summed E-state index contributed by atoms with van der Waals surface area (Å²) >= 11 is 0. The summed E-state index contributed by atoms with van der Waals surface area (Å²) in [4.78, 5) is 24.5. The van der Waals surface area contributed by atoms with Crippen LogP contribution in [0, 0.1) is 0 Å². The minimum atomic E-state index is -3.82. The molecule has 0 radical (unpaired) electrons. The third-order valence-corrected chi connectivity index (χ3v) is 5.06. The number of esters is 1. The van der Waals surface area contributed by atoms with Crippen LogP contribution in [0.15, 0.2) is 57.8 Å². The molecule has 10 heteroatoms. The summed E-state index contributed by atoms with van der Waals surface area (Å²) in [5.74, 6) is -1.41. The van der Waals surface area contributed by atoms with E-state index in [4.69, 9.17) is 19.0 Å². The van der Waals surface area contributed by atoms with Crippen molar-refractivity contribution in [3.05, 3.63) is 59.9 Å². The molecule has 0 spiro atoms. The molecule has 0 aliphatic carbocycles. The number of fused-ring (bicyclic) bond motifs is 1. The van der Waals surface area contributed by atoms with Gasteiger partial charge in [0.15, 0.2) is 6.61 Å². The number of rotatable bonds is 8. The van der Waals surface area contributed by atoms with Gasteiger partial charge < -0.3 is 19.2 Å². The smallest absolute Gasteiger partial charge is 0.375 e. The number of hydrogen-bond acceptors (Lipinski definition) is 7. The van der Waals surface area contributed by atoms with Crippen molar-refractivity contribution in [2.45, 2.75) is 18.4 Å². The summed E-state index contributed by atoms with van der Waals surface area (Å²) in [6.07, 6.45) is 0. The first-order valence-electron chi connectivity index (χ1n) is 8.97. The van der Waals surface area contributed by atoms with E-state index in [1.807, 2.05) is 19.1 Å². The maximum Gasteiger partial charge on any atom is 0.375 e. The van der Waals surface area contributed by atoms with Gasteiger partial charge in [0, 0.05) is 23.2 Å². The Kier molecular flexibility index (Phi) is 6.50. The van der Waals surface area contributed by atoms with Gasteiger partial charge >= 0.3 is 5.97 Å². The van der Waals surface area contributed by atoms with Gasteiger partial charge in [-0.05, 0) is 37.3 Å². The molecule has 0 aliphatic heterocycles. The number of para-hydroxylation sites is 1. The highest BCUT2D eigenvalue weighted by atomic mass is 32.2. The molecule has 0 fully saturated rings. The highest BCUT2D eigenvalue weighted by molar-refractivity contribution is 7.89. The van der Waals surface area contributed by atoms with Crippen LogP contribution in [-0.4, -0.2) is 33.5 Å². The van der Waals surface area contributed by atoms with Gasteiger partial charge in [-0.3, -0.25) is 4.79 Å². The second-order valence-corrected chi connectivity index (χ2v) is 7.80. The van der Waals surface area contributed by atoms with Crippen LogP contribution in [0.25, 0.3) is 11.0 Å². The highest BCUT2D eigenvalue weighted by Gasteiger charge is 2.22. The van der Waals surface area contributed by atoms with Gasteiger partial charge in [-0.2, -0.15) is 0 Å². The fourth-order valence-corrected chi connectivity index (χ4v) is 3.25. The molecule has 2 aromatic carbocycles. The topological polar surface area (TPSA) is 138 Å². The predicted octanol–water partition coefficient (Wildman–Crippen LogP) is 2.41. The van der Waals surface area contributed by atoms with Crippen molar-refractivity contribution in [2.24, 2.45) is 5.14 Å². The molecule has 0 saturated heterocycles. The molecule has 158 valence electrons. The average molecular weight is 432 g/mol. The Balaban J connectivity index is 1.66. The quantitative estimate of drug-likeness (QED) is 0.521. The van der Waals surface area contributed by atoms with Crippen molar-refractivity contribution in [2.75, 3.05) is 18.5 Å². The Hall–Kier alpha value is -3.21. The lowest BCUT2D eigenvalue weighted by atomic mass is 10.1. The van der Waals surface area contributed by atoms with Gasteiger partial charge in [-0.1, -0.05) is 18.2 Å². The maximum atomic E-state index is 12.5. The SMILES string of the molecule is CCOCc1c(C(=O)OCC(=O)Nc2ccc(S(N)(=O)=O)cc2)oc2ccccc12. The Labute approximate surface area is 172 Å². The summed E-state index contributed by atoms with van der Waals surface area (Å²) in [5, 5.41) is 8.25. The summed E-state index contributed by atoms with van der Waals surface area (Å²) in [5.41, 5.74) is 1.39. The molecule has 3 N–H and O–H groups in total. The van der Waals surface area contributed by atoms with E-state index in [1.54, 1.807) is 12.1 Å². The van der Waals surface area contributed by atoms with Crippen molar-refractivity contribution in [1.29, 1.82) is 0 Å². The fourth-order valence-electron chi connectivity index (χ4n) is 2.73. The minimum Gasteiger partial charge on any atom is -0.450 e. The van der Waals surface area contributed by atoms with Crippen LogP contribution in [0.5, 0.6) is 0 Å². The number of benzene rings is 2. The minimum absolute atomic E-state index is 0.0186. The van der Waals surface area contributed by atoms with E-state index in [-0.39, 0.29) is 17.3 Å². The van der Waals surface area contributed by atoms with E-state index in [0.29, 0.717) is 23.4 Å². The maximum absolute atomic E-state index is 12.5. The number of carbonyl (C=O) groups is 2. The largest absolute Gasteiger partial charge is 0.450 e. The van der Waals surface area contributed by atoms with Crippen LogP contribution >= 0.6 is 0 Å². The Morgan fingerprint density at radius 1 is 1.10 bits per heavy atom. The first-order valence-corrected chi connectivity index (χ1v) is 10.5. The van der Waals surface area contributed by atoms with E-state index in [0.717, 1.165) is 5.39 Å². The standard InChI is InChI=1S/C20H20N2O7S/c1-2-27-11-16-15-5-3-4-6-17(15)29-19(16)20(24)28-12-18(23)22-13-7-9-14(10-8-13)30(21,25)26/h3-10H,2,11-12H2,1H3,(H,22,23)(H2,21,25,26). The highest BCUT2D eigenvalue weighted by Crippen LogP contribution is 2.27. The molecular weight excluding hydrogens is 412 g/mol. The molecule has 1 amide bonds. The molecule has 0 saturated carbocycles. The number of furan rings is 1. The van der Waals surface area contributed by atoms with Crippen molar-refractivity contribution in [3.8, 4) is 0 Å². The zero-order chi connectivity index (χ0) is 21.7. The molecule has 0 bridgehead atoms. The van der Waals surface area contributed by atoms with Crippen LogP contribution in [0.3, 0.4) is 0 Å². The third-order valence-electron chi connectivity index (χ3n) is 4.14. The van der Waals surface area contributed by atoms with E-state index in [9.17, 15) is 18.0 Å². The average Bonchev–Trinajstić information content (AvgIpc) is 3.09. The molecular formula is C20H20N2O7S. The van der Waals surface area contributed by atoms with Crippen molar-refractivity contribution in [1.82, 2.24) is 0 Å². The predicted molar refractivity (Wildman–Crippen MR) is 108 cm³/mol. The van der Waals surface area contributed by atoms with E-state index in [2.05, 4.69) is 5.32 Å². The zero-order valence-corrected chi connectivity index (χ0v) is 16.9.